The summed E-state index contributed by atoms with van der Waals surface area (Å²) in [6, 6.07) is 4.66. The number of carboxylic acids is 2. The first-order valence-corrected chi connectivity index (χ1v) is 23.6. The number of carbonyl (C=O) groups is 7. The van der Waals surface area contributed by atoms with Crippen molar-refractivity contribution in [1.82, 2.24) is 26.6 Å². The topological polar surface area (TPSA) is 292 Å². The average molecular weight is 939 g/mol. The van der Waals surface area contributed by atoms with E-state index in [1.165, 1.54) is 12.1 Å². The van der Waals surface area contributed by atoms with Crippen molar-refractivity contribution in [3.05, 3.63) is 29.8 Å². The van der Waals surface area contributed by atoms with Crippen molar-refractivity contribution in [3.63, 3.8) is 0 Å². The van der Waals surface area contributed by atoms with E-state index in [0.717, 1.165) is 70.6 Å². The lowest BCUT2D eigenvalue weighted by Gasteiger charge is -2.14. The van der Waals surface area contributed by atoms with Crippen molar-refractivity contribution in [2.45, 2.75) is 128 Å². The Kier molecular flexibility index (Phi) is 36.2. The first-order valence-electron chi connectivity index (χ1n) is 23.6. The molecule has 0 saturated heterocycles. The van der Waals surface area contributed by atoms with E-state index in [1.807, 2.05) is 6.92 Å². The molecular weight excluding hydrogens is 861 g/mol. The van der Waals surface area contributed by atoms with Gasteiger partial charge in [-0.2, -0.15) is 0 Å². The summed E-state index contributed by atoms with van der Waals surface area (Å²) in [5, 5.41) is 31.9. The van der Waals surface area contributed by atoms with Crippen molar-refractivity contribution in [3.8, 4) is 5.75 Å². The summed E-state index contributed by atoms with van der Waals surface area (Å²) in [5.41, 5.74) is 6.12. The highest BCUT2D eigenvalue weighted by Gasteiger charge is 2.21. The van der Waals surface area contributed by atoms with E-state index in [9.17, 15) is 38.7 Å². The molecule has 0 heterocycles. The van der Waals surface area contributed by atoms with Crippen molar-refractivity contribution in [1.29, 1.82) is 0 Å². The largest absolute Gasteiger partial charge is 0.494 e. The second kappa shape index (κ2) is 40.4. The SMILES string of the molecule is CCCCNC(=O)C(N)CCCCNC(=O)COCCOCCNC(=O)COCCOCCNC(=O)CCC(NC(=O)CCCCCCCCCCCOc1ccc(C(=O)O)cc1)C(=O)O. The summed E-state index contributed by atoms with van der Waals surface area (Å²) in [5.74, 6) is -2.94. The number of hydrogen-bond donors (Lipinski definition) is 8. The molecule has 0 aliphatic heterocycles. The number of rotatable bonds is 44. The predicted molar refractivity (Wildman–Crippen MR) is 246 cm³/mol. The van der Waals surface area contributed by atoms with Gasteiger partial charge in [-0.05, 0) is 69.2 Å². The number of aromatic carboxylic acids is 1. The summed E-state index contributed by atoms with van der Waals surface area (Å²) in [6.07, 6.45) is 12.9. The lowest BCUT2D eigenvalue weighted by atomic mass is 10.1. The minimum atomic E-state index is -1.20. The second-order valence-electron chi connectivity index (χ2n) is 15.7. The Morgan fingerprint density at radius 2 is 1.06 bits per heavy atom. The van der Waals surface area contributed by atoms with Gasteiger partial charge in [0.1, 0.15) is 25.0 Å². The lowest BCUT2D eigenvalue weighted by molar-refractivity contribution is -0.142. The van der Waals surface area contributed by atoms with E-state index >= 15 is 0 Å². The first kappa shape index (κ1) is 59.1. The van der Waals surface area contributed by atoms with Gasteiger partial charge in [-0.15, -0.1) is 0 Å². The Morgan fingerprint density at radius 1 is 0.530 bits per heavy atom. The maximum Gasteiger partial charge on any atom is 0.335 e. The van der Waals surface area contributed by atoms with Crippen LogP contribution in [0.5, 0.6) is 5.75 Å². The fraction of sp³-hybridized carbons (Fsp3) is 0.717. The zero-order chi connectivity index (χ0) is 48.5. The molecule has 20 heteroatoms. The Hall–Kier alpha value is -4.89. The van der Waals surface area contributed by atoms with Crippen molar-refractivity contribution in [2.75, 3.05) is 85.6 Å². The van der Waals surface area contributed by atoms with E-state index in [2.05, 4.69) is 26.6 Å². The number of hydrogen-bond acceptors (Lipinski definition) is 13. The molecule has 2 atom stereocenters. The maximum atomic E-state index is 12.4. The molecule has 0 aromatic heterocycles. The monoisotopic (exact) mass is 939 g/mol. The van der Waals surface area contributed by atoms with Gasteiger partial charge >= 0.3 is 11.9 Å². The van der Waals surface area contributed by atoms with Gasteiger partial charge in [0.2, 0.25) is 29.5 Å². The number of benzene rings is 1. The molecule has 1 aromatic carbocycles. The molecule has 0 radical (unpaired) electrons. The van der Waals surface area contributed by atoms with Crippen LogP contribution in [0.1, 0.15) is 126 Å². The molecular formula is C46H78N6O14. The summed E-state index contributed by atoms with van der Waals surface area (Å²) in [6.45, 7) is 5.18. The minimum Gasteiger partial charge on any atom is -0.494 e. The van der Waals surface area contributed by atoms with Crippen LogP contribution in [0.15, 0.2) is 24.3 Å². The highest BCUT2D eigenvalue weighted by atomic mass is 16.5. The van der Waals surface area contributed by atoms with Crippen LogP contribution in [-0.4, -0.2) is 149 Å². The van der Waals surface area contributed by atoms with Crippen LogP contribution >= 0.6 is 0 Å². The van der Waals surface area contributed by atoms with Gasteiger partial charge < -0.3 is 66.2 Å². The van der Waals surface area contributed by atoms with Gasteiger partial charge in [0.15, 0.2) is 0 Å². The fourth-order valence-corrected chi connectivity index (χ4v) is 6.16. The van der Waals surface area contributed by atoms with Gasteiger partial charge in [0.05, 0.1) is 57.9 Å². The molecule has 2 unspecified atom stereocenters. The highest BCUT2D eigenvalue weighted by molar-refractivity contribution is 5.87. The molecule has 376 valence electrons. The Bertz CT molecular complexity index is 1500. The van der Waals surface area contributed by atoms with Gasteiger partial charge in [-0.3, -0.25) is 24.0 Å². The van der Waals surface area contributed by atoms with Crippen molar-refractivity contribution >= 4 is 41.5 Å². The van der Waals surface area contributed by atoms with Crippen LogP contribution in [0.3, 0.4) is 0 Å². The Labute approximate surface area is 389 Å². The summed E-state index contributed by atoms with van der Waals surface area (Å²) in [7, 11) is 0. The zero-order valence-electron chi connectivity index (χ0n) is 39.0. The summed E-state index contributed by atoms with van der Waals surface area (Å²) >= 11 is 0. The third-order valence-corrected chi connectivity index (χ3v) is 9.99. The number of ether oxygens (including phenoxy) is 5. The number of nitrogens with two attached hydrogens (primary N) is 1. The summed E-state index contributed by atoms with van der Waals surface area (Å²) < 4.78 is 27.0. The Morgan fingerprint density at radius 3 is 1.64 bits per heavy atom. The van der Waals surface area contributed by atoms with E-state index in [4.69, 9.17) is 34.5 Å². The Balaban J connectivity index is 1.91. The smallest absolute Gasteiger partial charge is 0.335 e. The summed E-state index contributed by atoms with van der Waals surface area (Å²) in [4.78, 5) is 82.9. The van der Waals surface area contributed by atoms with Crippen LogP contribution in [0.2, 0.25) is 0 Å². The van der Waals surface area contributed by atoms with Crippen LogP contribution in [0.4, 0.5) is 0 Å². The molecule has 0 fully saturated rings. The first-order chi connectivity index (χ1) is 31.9. The van der Waals surface area contributed by atoms with E-state index in [1.54, 1.807) is 12.1 Å². The molecule has 0 spiro atoms. The second-order valence-corrected chi connectivity index (χ2v) is 15.7. The number of carbonyl (C=O) groups excluding carboxylic acids is 5. The van der Waals surface area contributed by atoms with Crippen molar-refractivity contribution < 1.29 is 67.5 Å². The van der Waals surface area contributed by atoms with Gasteiger partial charge in [0.25, 0.3) is 0 Å². The average Bonchev–Trinajstić information content (AvgIpc) is 3.29. The van der Waals surface area contributed by atoms with E-state index in [0.29, 0.717) is 44.7 Å². The van der Waals surface area contributed by atoms with Gasteiger partial charge in [0, 0.05) is 39.0 Å². The molecule has 0 aliphatic rings. The molecule has 0 saturated carbocycles. The van der Waals surface area contributed by atoms with Crippen LogP contribution < -0.4 is 37.1 Å². The molecule has 1 rings (SSSR count). The number of carboxylic acid groups (broad SMARTS) is 2. The minimum absolute atomic E-state index is 0.0428. The van der Waals surface area contributed by atoms with Gasteiger partial charge in [-0.25, -0.2) is 9.59 Å². The number of nitrogens with one attached hydrogen (secondary N) is 5. The normalized spacial score (nSPS) is 11.8. The predicted octanol–water partition coefficient (Wildman–Crippen LogP) is 2.84. The third kappa shape index (κ3) is 34.5. The molecule has 1 aromatic rings. The molecule has 9 N–H and O–H groups in total. The molecule has 20 nitrogen and oxygen atoms in total. The van der Waals surface area contributed by atoms with Crippen LogP contribution in [0.25, 0.3) is 0 Å². The molecule has 5 amide bonds. The molecule has 66 heavy (non-hydrogen) atoms. The molecule has 0 aliphatic carbocycles. The number of unbranched alkanes of at least 4 members (excludes halogenated alkanes) is 10. The number of amides is 5. The molecule has 0 bridgehead atoms. The van der Waals surface area contributed by atoms with Crippen molar-refractivity contribution in [2.24, 2.45) is 5.73 Å². The fourth-order valence-electron chi connectivity index (χ4n) is 6.16. The lowest BCUT2D eigenvalue weighted by Crippen LogP contribution is -2.41. The maximum absolute atomic E-state index is 12.4. The number of aliphatic carboxylic acids is 1. The van der Waals surface area contributed by atoms with Gasteiger partial charge in [-0.1, -0.05) is 58.3 Å². The standard InChI is InChI=1S/C46H78N6O14/c1-2-3-23-51-44(57)38(47)15-12-13-24-48-42(55)34-64-32-31-63-29-26-50-43(56)35-65-33-30-62-28-25-49-40(53)22-21-39(46(60)61)52-41(54)16-11-9-7-5-4-6-8-10-14-27-66-37-19-17-36(18-20-37)45(58)59/h17-20,38-39H,2-16,21-35,47H2,1H3,(H,48,55)(H,49,53)(H,50,56)(H,51,57)(H,52,54)(H,58,59)(H,60,61). The highest BCUT2D eigenvalue weighted by Crippen LogP contribution is 2.14. The van der Waals surface area contributed by atoms with E-state index in [-0.39, 0.29) is 120 Å². The third-order valence-electron chi connectivity index (χ3n) is 9.99. The quantitative estimate of drug-likeness (QED) is 0.0437. The zero-order valence-corrected chi connectivity index (χ0v) is 39.0. The van der Waals surface area contributed by atoms with E-state index < -0.39 is 24.0 Å². The van der Waals surface area contributed by atoms with Crippen LogP contribution in [-0.2, 0) is 47.7 Å². The van der Waals surface area contributed by atoms with Crippen LogP contribution in [0, 0.1) is 0 Å².